The van der Waals surface area contributed by atoms with Crippen molar-refractivity contribution in [2.45, 2.75) is 44.6 Å². The van der Waals surface area contributed by atoms with Crippen LogP contribution in [0.4, 0.5) is 5.82 Å². The number of anilines is 1. The number of piperidine rings is 1. The molecule has 12 heteroatoms. The minimum absolute atomic E-state index is 0.000909. The maximum absolute atomic E-state index is 13.2. The van der Waals surface area contributed by atoms with Gasteiger partial charge in [-0.3, -0.25) is 0 Å². The van der Waals surface area contributed by atoms with Gasteiger partial charge in [0.2, 0.25) is 20.0 Å². The molecule has 190 valence electrons. The zero-order chi connectivity index (χ0) is 24.5. The van der Waals surface area contributed by atoms with Gasteiger partial charge in [-0.15, -0.1) is 0 Å². The Hall–Kier alpha value is -1.76. The lowest BCUT2D eigenvalue weighted by molar-refractivity contribution is 0.274. The lowest BCUT2D eigenvalue weighted by Gasteiger charge is -2.37. The predicted octanol–water partition coefficient (Wildman–Crippen LogP) is 1.89. The van der Waals surface area contributed by atoms with Crippen LogP contribution in [0.15, 0.2) is 18.6 Å². The number of aromatic nitrogens is 3. The number of nitrogens with one attached hydrogen (secondary N) is 1. The topological polar surface area (TPSA) is 120 Å². The molecular formula is C22H36N6O4S2. The number of rotatable bonds is 8. The van der Waals surface area contributed by atoms with Crippen LogP contribution in [0, 0.1) is 11.8 Å². The average Bonchev–Trinajstić information content (AvgIpc) is 3.28. The second-order valence-corrected chi connectivity index (χ2v) is 14.2. The number of aromatic amines is 1. The normalized spacial score (nSPS) is 25.1. The van der Waals surface area contributed by atoms with Crippen molar-refractivity contribution in [3.63, 3.8) is 0 Å². The zero-order valence-corrected chi connectivity index (χ0v) is 21.9. The fourth-order valence-corrected chi connectivity index (χ4v) is 8.43. The van der Waals surface area contributed by atoms with E-state index in [1.807, 2.05) is 19.3 Å². The Morgan fingerprint density at radius 1 is 1.00 bits per heavy atom. The van der Waals surface area contributed by atoms with Crippen LogP contribution in [0.5, 0.6) is 0 Å². The van der Waals surface area contributed by atoms with Gasteiger partial charge < -0.3 is 9.88 Å². The lowest BCUT2D eigenvalue weighted by atomic mass is 9.86. The van der Waals surface area contributed by atoms with Crippen molar-refractivity contribution in [3.05, 3.63) is 18.6 Å². The van der Waals surface area contributed by atoms with Gasteiger partial charge in [0.1, 0.15) is 17.8 Å². The summed E-state index contributed by atoms with van der Waals surface area (Å²) in [5, 5.41) is 0.991. The molecule has 34 heavy (non-hydrogen) atoms. The Bertz CT molecular complexity index is 1190. The molecule has 2 fully saturated rings. The maximum Gasteiger partial charge on any atom is 0.214 e. The van der Waals surface area contributed by atoms with Crippen molar-refractivity contribution >= 4 is 36.9 Å². The fourth-order valence-electron chi connectivity index (χ4n) is 5.28. The standard InChI is InChI=1S/C22H36N6O4S2/c1-26(2)33(29,30)15-18-5-4-12-28(13-18)34(31,32)14-17-6-8-19(9-7-17)27(3)22-20-10-11-23-21(20)24-16-25-22/h10-11,16-19H,4-9,12-15H2,1-3H3,(H,23,24,25)/t17?,18-,19?/m0/s1. The van der Waals surface area contributed by atoms with Crippen LogP contribution in [0.3, 0.4) is 0 Å². The highest BCUT2D eigenvalue weighted by atomic mass is 32.2. The molecule has 2 aromatic heterocycles. The van der Waals surface area contributed by atoms with Crippen molar-refractivity contribution in [2.24, 2.45) is 11.8 Å². The molecule has 0 spiro atoms. The number of hydrogen-bond acceptors (Lipinski definition) is 7. The molecule has 0 aromatic carbocycles. The maximum atomic E-state index is 13.2. The van der Waals surface area contributed by atoms with E-state index < -0.39 is 20.0 Å². The first-order valence-corrected chi connectivity index (χ1v) is 15.2. The summed E-state index contributed by atoms with van der Waals surface area (Å²) in [6.07, 6.45) is 8.40. The molecular weight excluding hydrogens is 476 g/mol. The van der Waals surface area contributed by atoms with Gasteiger partial charge in [0, 0.05) is 46.5 Å². The highest BCUT2D eigenvalue weighted by molar-refractivity contribution is 7.89. The van der Waals surface area contributed by atoms with Crippen molar-refractivity contribution < 1.29 is 16.8 Å². The number of sulfonamides is 2. The van der Waals surface area contributed by atoms with Gasteiger partial charge in [0.25, 0.3) is 0 Å². The molecule has 1 aliphatic carbocycles. The second kappa shape index (κ2) is 10.1. The van der Waals surface area contributed by atoms with E-state index >= 15 is 0 Å². The van der Waals surface area contributed by atoms with Crippen molar-refractivity contribution in [1.82, 2.24) is 23.6 Å². The second-order valence-electron chi connectivity index (χ2n) is 9.93. The molecule has 1 aliphatic heterocycles. The van der Waals surface area contributed by atoms with E-state index in [4.69, 9.17) is 0 Å². The van der Waals surface area contributed by atoms with E-state index in [2.05, 4.69) is 19.9 Å². The average molecular weight is 513 g/mol. The quantitative estimate of drug-likeness (QED) is 0.573. The molecule has 0 radical (unpaired) electrons. The molecule has 1 atom stereocenters. The molecule has 2 aliphatic rings. The molecule has 3 heterocycles. The minimum atomic E-state index is -3.42. The Labute approximate surface area is 202 Å². The summed E-state index contributed by atoms with van der Waals surface area (Å²) < 4.78 is 53.7. The van der Waals surface area contributed by atoms with Crippen LogP contribution in [0.25, 0.3) is 11.0 Å². The molecule has 1 saturated heterocycles. The third-order valence-electron chi connectivity index (χ3n) is 7.36. The summed E-state index contributed by atoms with van der Waals surface area (Å²) in [7, 11) is -1.67. The Balaban J connectivity index is 1.33. The Morgan fingerprint density at radius 2 is 1.74 bits per heavy atom. The van der Waals surface area contributed by atoms with Crippen molar-refractivity contribution in [3.8, 4) is 0 Å². The van der Waals surface area contributed by atoms with E-state index in [1.54, 1.807) is 6.33 Å². The minimum Gasteiger partial charge on any atom is -0.356 e. The third-order valence-corrected chi connectivity index (χ3v) is 11.4. The monoisotopic (exact) mass is 512 g/mol. The number of nitrogens with zero attached hydrogens (tertiary/aromatic N) is 5. The first-order chi connectivity index (χ1) is 16.1. The van der Waals surface area contributed by atoms with Crippen LogP contribution in [0.1, 0.15) is 38.5 Å². The van der Waals surface area contributed by atoms with Crippen LogP contribution in [-0.4, -0.2) is 92.2 Å². The van der Waals surface area contributed by atoms with Gasteiger partial charge in [0.15, 0.2) is 0 Å². The van der Waals surface area contributed by atoms with Gasteiger partial charge in [-0.25, -0.2) is 35.4 Å². The van der Waals surface area contributed by atoms with E-state index in [0.717, 1.165) is 49.0 Å². The Kier molecular flexibility index (Phi) is 7.51. The molecule has 2 aromatic rings. The molecule has 1 saturated carbocycles. The van der Waals surface area contributed by atoms with E-state index in [-0.39, 0.29) is 23.3 Å². The highest BCUT2D eigenvalue weighted by Gasteiger charge is 2.35. The summed E-state index contributed by atoms with van der Waals surface area (Å²) in [4.78, 5) is 14.1. The Morgan fingerprint density at radius 3 is 2.44 bits per heavy atom. The summed E-state index contributed by atoms with van der Waals surface area (Å²) >= 11 is 0. The van der Waals surface area contributed by atoms with E-state index in [9.17, 15) is 16.8 Å². The largest absolute Gasteiger partial charge is 0.356 e. The number of hydrogen-bond donors (Lipinski definition) is 1. The summed E-state index contributed by atoms with van der Waals surface area (Å²) in [5.74, 6) is 1.01. The van der Waals surface area contributed by atoms with Crippen molar-refractivity contribution in [2.75, 3.05) is 50.6 Å². The molecule has 4 rings (SSSR count). The summed E-state index contributed by atoms with van der Waals surface area (Å²) in [6.45, 7) is 0.785. The summed E-state index contributed by atoms with van der Waals surface area (Å²) in [5.41, 5.74) is 0.815. The molecule has 10 nitrogen and oxygen atoms in total. The van der Waals surface area contributed by atoms with E-state index in [1.165, 1.54) is 22.7 Å². The van der Waals surface area contributed by atoms with Gasteiger partial charge in [0.05, 0.1) is 16.9 Å². The highest BCUT2D eigenvalue weighted by Crippen LogP contribution is 2.33. The first-order valence-electron chi connectivity index (χ1n) is 12.0. The molecule has 0 amide bonds. The van der Waals surface area contributed by atoms with Gasteiger partial charge in [-0.1, -0.05) is 0 Å². The van der Waals surface area contributed by atoms with Crippen LogP contribution >= 0.6 is 0 Å². The third kappa shape index (κ3) is 5.55. The van der Waals surface area contributed by atoms with Crippen LogP contribution in [0.2, 0.25) is 0 Å². The number of fused-ring (bicyclic) bond motifs is 1. The van der Waals surface area contributed by atoms with E-state index in [0.29, 0.717) is 25.6 Å². The smallest absolute Gasteiger partial charge is 0.214 e. The molecule has 0 unspecified atom stereocenters. The van der Waals surface area contributed by atoms with Crippen molar-refractivity contribution in [1.29, 1.82) is 0 Å². The predicted molar refractivity (Wildman–Crippen MR) is 134 cm³/mol. The molecule has 1 N–H and O–H groups in total. The zero-order valence-electron chi connectivity index (χ0n) is 20.2. The fraction of sp³-hybridized carbons (Fsp3) is 0.727. The molecule has 0 bridgehead atoms. The van der Waals surface area contributed by atoms with Crippen LogP contribution < -0.4 is 4.90 Å². The number of H-pyrrole nitrogens is 1. The van der Waals surface area contributed by atoms with Gasteiger partial charge >= 0.3 is 0 Å². The summed E-state index contributed by atoms with van der Waals surface area (Å²) in [6, 6.07) is 2.29. The van der Waals surface area contributed by atoms with Gasteiger partial charge in [-0.05, 0) is 56.4 Å². The van der Waals surface area contributed by atoms with Crippen LogP contribution in [-0.2, 0) is 20.0 Å². The van der Waals surface area contributed by atoms with Gasteiger partial charge in [-0.2, -0.15) is 0 Å². The first kappa shape index (κ1) is 25.3. The SMILES string of the molecule is CN(c1ncnc2[nH]ccc12)C1CCC(CS(=O)(=O)N2CCC[C@H](CS(=O)(=O)N(C)C)C2)CC1. The lowest BCUT2D eigenvalue weighted by Crippen LogP contribution is -2.45.